The predicted molar refractivity (Wildman–Crippen MR) is 80.1 cm³/mol. The lowest BCUT2D eigenvalue weighted by Crippen LogP contribution is -2.25. The molecule has 0 saturated carbocycles. The minimum absolute atomic E-state index is 0.267. The molecule has 0 bridgehead atoms. The zero-order chi connectivity index (χ0) is 14.0. The van der Waals surface area contributed by atoms with E-state index in [2.05, 4.69) is 53.7 Å². The molecule has 0 saturated heterocycles. The van der Waals surface area contributed by atoms with Gasteiger partial charge in [-0.2, -0.15) is 0 Å². The second-order valence-electron chi connectivity index (χ2n) is 5.54. The third-order valence-corrected chi connectivity index (χ3v) is 3.59. The first-order valence-electron chi connectivity index (χ1n) is 6.83. The monoisotopic (exact) mass is 260 g/mol. The summed E-state index contributed by atoms with van der Waals surface area (Å²) in [4.78, 5) is 6.89. The highest BCUT2D eigenvalue weighted by atomic mass is 15.1. The molecule has 2 N–H and O–H groups in total. The van der Waals surface area contributed by atoms with Crippen molar-refractivity contribution in [3.63, 3.8) is 0 Å². The lowest BCUT2D eigenvalue weighted by molar-refractivity contribution is 0.313. The molecule has 2 rings (SSSR count). The van der Waals surface area contributed by atoms with Gasteiger partial charge in [-0.25, -0.2) is 4.98 Å². The minimum atomic E-state index is 0.267. The number of hydrogen-bond donors (Lipinski definition) is 1. The van der Waals surface area contributed by atoms with Crippen LogP contribution < -0.4 is 5.73 Å². The molecule has 104 valence electrons. The Morgan fingerprint density at radius 1 is 1.42 bits per heavy atom. The van der Waals surface area contributed by atoms with Gasteiger partial charge in [0.25, 0.3) is 0 Å². The Morgan fingerprint density at radius 2 is 2.16 bits per heavy atom. The Labute approximate surface area is 115 Å². The van der Waals surface area contributed by atoms with Crippen LogP contribution in [0.4, 0.5) is 0 Å². The van der Waals surface area contributed by atoms with Gasteiger partial charge in [-0.1, -0.05) is 6.07 Å². The summed E-state index contributed by atoms with van der Waals surface area (Å²) in [6.07, 6.45) is 1.03. The van der Waals surface area contributed by atoms with Gasteiger partial charge in [-0.15, -0.1) is 0 Å². The first kappa shape index (κ1) is 14.0. The normalized spacial score (nSPS) is 13.4. The summed E-state index contributed by atoms with van der Waals surface area (Å²) in [5.74, 6) is 1.05. The van der Waals surface area contributed by atoms with Crippen LogP contribution >= 0.6 is 0 Å². The van der Waals surface area contributed by atoms with Crippen molar-refractivity contribution < 1.29 is 0 Å². The standard InChI is InChI=1S/C15H24N4/c1-11(16)7-8-18(3)10-13-5-6-15-14(9-13)17-12(2)19(15)4/h5-6,9,11H,7-8,10,16H2,1-4H3. The Hall–Kier alpha value is -1.39. The van der Waals surface area contributed by atoms with Gasteiger partial charge in [0.15, 0.2) is 0 Å². The van der Waals surface area contributed by atoms with E-state index >= 15 is 0 Å². The topological polar surface area (TPSA) is 47.1 Å². The van der Waals surface area contributed by atoms with E-state index < -0.39 is 0 Å². The fourth-order valence-electron chi connectivity index (χ4n) is 2.28. The van der Waals surface area contributed by atoms with Crippen molar-refractivity contribution in [1.29, 1.82) is 0 Å². The van der Waals surface area contributed by atoms with Gasteiger partial charge in [0, 0.05) is 19.6 Å². The van der Waals surface area contributed by atoms with E-state index in [0.717, 1.165) is 30.9 Å². The highest BCUT2D eigenvalue weighted by Crippen LogP contribution is 2.17. The molecule has 2 aromatic rings. The summed E-state index contributed by atoms with van der Waals surface area (Å²) >= 11 is 0. The summed E-state index contributed by atoms with van der Waals surface area (Å²) in [7, 11) is 4.19. The summed E-state index contributed by atoms with van der Waals surface area (Å²) in [5.41, 5.74) is 9.37. The van der Waals surface area contributed by atoms with Gasteiger partial charge >= 0.3 is 0 Å². The van der Waals surface area contributed by atoms with Gasteiger partial charge in [0.05, 0.1) is 11.0 Å². The van der Waals surface area contributed by atoms with Crippen molar-refractivity contribution >= 4 is 11.0 Å². The SMILES string of the molecule is Cc1nc2cc(CN(C)CCC(C)N)ccc2n1C. The van der Waals surface area contributed by atoms with Crippen molar-refractivity contribution in [2.45, 2.75) is 32.9 Å². The maximum Gasteiger partial charge on any atom is 0.106 e. The Balaban J connectivity index is 2.09. The smallest absolute Gasteiger partial charge is 0.106 e. The predicted octanol–water partition coefficient (Wildman–Crippen LogP) is 2.05. The van der Waals surface area contributed by atoms with Gasteiger partial charge in [-0.05, 0) is 51.6 Å². The van der Waals surface area contributed by atoms with Crippen LogP contribution in [0.5, 0.6) is 0 Å². The van der Waals surface area contributed by atoms with Crippen LogP contribution in [0.1, 0.15) is 24.7 Å². The zero-order valence-electron chi connectivity index (χ0n) is 12.3. The number of aromatic nitrogens is 2. The fourth-order valence-corrected chi connectivity index (χ4v) is 2.28. The van der Waals surface area contributed by atoms with Crippen molar-refractivity contribution in [2.75, 3.05) is 13.6 Å². The average molecular weight is 260 g/mol. The van der Waals surface area contributed by atoms with Gasteiger partial charge in [-0.3, -0.25) is 0 Å². The quantitative estimate of drug-likeness (QED) is 0.895. The highest BCUT2D eigenvalue weighted by Gasteiger charge is 2.07. The van der Waals surface area contributed by atoms with E-state index in [1.165, 1.54) is 11.1 Å². The molecule has 0 radical (unpaired) electrons. The van der Waals surface area contributed by atoms with Crippen molar-refractivity contribution in [3.05, 3.63) is 29.6 Å². The van der Waals surface area contributed by atoms with E-state index in [4.69, 9.17) is 5.73 Å². The second kappa shape index (κ2) is 5.72. The molecule has 1 aromatic heterocycles. The molecular formula is C15H24N4. The molecular weight excluding hydrogens is 236 g/mol. The third kappa shape index (κ3) is 3.33. The Kier molecular flexibility index (Phi) is 4.22. The maximum atomic E-state index is 5.79. The molecule has 0 aliphatic rings. The molecule has 0 aliphatic carbocycles. The molecule has 19 heavy (non-hydrogen) atoms. The van der Waals surface area contributed by atoms with Crippen LogP contribution in [0.2, 0.25) is 0 Å². The Morgan fingerprint density at radius 3 is 2.84 bits per heavy atom. The Bertz CT molecular complexity index is 557. The zero-order valence-corrected chi connectivity index (χ0v) is 12.3. The number of hydrogen-bond acceptors (Lipinski definition) is 3. The van der Waals surface area contributed by atoms with Gasteiger partial charge in [0.2, 0.25) is 0 Å². The molecule has 0 aliphatic heterocycles. The van der Waals surface area contributed by atoms with E-state index in [1.807, 2.05) is 6.92 Å². The summed E-state index contributed by atoms with van der Waals surface area (Å²) in [5, 5.41) is 0. The molecule has 4 heteroatoms. The molecule has 0 fully saturated rings. The van der Waals surface area contributed by atoms with Crippen LogP contribution in [0.25, 0.3) is 11.0 Å². The maximum absolute atomic E-state index is 5.79. The molecule has 0 amide bonds. The highest BCUT2D eigenvalue weighted by molar-refractivity contribution is 5.76. The summed E-state index contributed by atoms with van der Waals surface area (Å²) in [6.45, 7) is 6.06. The first-order chi connectivity index (χ1) is 8.97. The number of nitrogens with zero attached hydrogens (tertiary/aromatic N) is 3. The molecule has 4 nitrogen and oxygen atoms in total. The fraction of sp³-hybridized carbons (Fsp3) is 0.533. The van der Waals surface area contributed by atoms with E-state index in [9.17, 15) is 0 Å². The lowest BCUT2D eigenvalue weighted by atomic mass is 10.1. The number of fused-ring (bicyclic) bond motifs is 1. The number of aryl methyl sites for hydroxylation is 2. The lowest BCUT2D eigenvalue weighted by Gasteiger charge is -2.17. The van der Waals surface area contributed by atoms with E-state index in [1.54, 1.807) is 0 Å². The molecule has 1 aromatic carbocycles. The van der Waals surface area contributed by atoms with Crippen LogP contribution in [-0.2, 0) is 13.6 Å². The van der Waals surface area contributed by atoms with Crippen LogP contribution in [0.15, 0.2) is 18.2 Å². The summed E-state index contributed by atoms with van der Waals surface area (Å²) < 4.78 is 2.12. The minimum Gasteiger partial charge on any atom is -0.331 e. The average Bonchev–Trinajstić information content (AvgIpc) is 2.62. The molecule has 1 heterocycles. The van der Waals surface area contributed by atoms with Crippen molar-refractivity contribution in [1.82, 2.24) is 14.5 Å². The molecule has 0 spiro atoms. The van der Waals surface area contributed by atoms with Gasteiger partial charge < -0.3 is 15.2 Å². The first-order valence-corrected chi connectivity index (χ1v) is 6.83. The van der Waals surface area contributed by atoms with Crippen LogP contribution in [0.3, 0.4) is 0 Å². The summed E-state index contributed by atoms with van der Waals surface area (Å²) in [6, 6.07) is 6.80. The largest absolute Gasteiger partial charge is 0.331 e. The number of rotatable bonds is 5. The molecule has 1 atom stereocenters. The van der Waals surface area contributed by atoms with E-state index in [0.29, 0.717) is 0 Å². The molecule has 1 unspecified atom stereocenters. The van der Waals surface area contributed by atoms with Crippen LogP contribution in [0, 0.1) is 6.92 Å². The van der Waals surface area contributed by atoms with Crippen LogP contribution in [-0.4, -0.2) is 34.1 Å². The number of imidazole rings is 1. The van der Waals surface area contributed by atoms with Crippen molar-refractivity contribution in [3.8, 4) is 0 Å². The number of nitrogens with two attached hydrogens (primary N) is 1. The number of benzene rings is 1. The van der Waals surface area contributed by atoms with E-state index in [-0.39, 0.29) is 6.04 Å². The second-order valence-corrected chi connectivity index (χ2v) is 5.54. The van der Waals surface area contributed by atoms with Crippen molar-refractivity contribution in [2.24, 2.45) is 12.8 Å². The third-order valence-electron chi connectivity index (χ3n) is 3.59. The van der Waals surface area contributed by atoms with Gasteiger partial charge in [0.1, 0.15) is 5.82 Å².